The molecule has 0 amide bonds. The number of aliphatic hydroxyl groups is 4. The first-order chi connectivity index (χ1) is 15.9. The van der Waals surface area contributed by atoms with Gasteiger partial charge in [0.2, 0.25) is 18.2 Å². The largest absolute Gasteiger partial charge is 0.479 e. The van der Waals surface area contributed by atoms with Gasteiger partial charge in [0, 0.05) is 12.1 Å². The predicted molar refractivity (Wildman–Crippen MR) is 121 cm³/mol. The summed E-state index contributed by atoms with van der Waals surface area (Å²) in [6.45, 7) is 5.32. The van der Waals surface area contributed by atoms with Crippen LogP contribution in [0.2, 0.25) is 0 Å². The minimum absolute atomic E-state index is 0.0995. The van der Waals surface area contributed by atoms with Gasteiger partial charge in [0.05, 0.1) is 12.7 Å². The lowest BCUT2D eigenvalue weighted by molar-refractivity contribution is -0.426. The van der Waals surface area contributed by atoms with E-state index in [1.54, 1.807) is 30.3 Å². The summed E-state index contributed by atoms with van der Waals surface area (Å²) in [4.78, 5) is 12.2. The Balaban J connectivity index is 1.90. The van der Waals surface area contributed by atoms with Crippen LogP contribution in [-0.4, -0.2) is 86.2 Å². The van der Waals surface area contributed by atoms with Crippen molar-refractivity contribution in [2.24, 2.45) is 5.92 Å². The number of benzene rings is 1. The van der Waals surface area contributed by atoms with Crippen molar-refractivity contribution in [3.05, 3.63) is 30.3 Å². The molecule has 1 saturated carbocycles. The Morgan fingerprint density at radius 2 is 1.82 bits per heavy atom. The Morgan fingerprint density at radius 3 is 2.38 bits per heavy atom. The van der Waals surface area contributed by atoms with Crippen molar-refractivity contribution in [1.29, 1.82) is 0 Å². The zero-order chi connectivity index (χ0) is 25.1. The van der Waals surface area contributed by atoms with Gasteiger partial charge in [-0.3, -0.25) is 0 Å². The molecule has 6 N–H and O–H groups in total. The number of nitrogens with one attached hydrogen (secondary N) is 1. The van der Waals surface area contributed by atoms with Crippen molar-refractivity contribution in [3.8, 4) is 5.75 Å². The van der Waals surface area contributed by atoms with Gasteiger partial charge in [-0.15, -0.1) is 0 Å². The number of hydrogen-bond acceptors (Lipinski definition) is 9. The fourth-order valence-corrected chi connectivity index (χ4v) is 4.68. The molecule has 1 aromatic rings. The van der Waals surface area contributed by atoms with Crippen molar-refractivity contribution >= 4 is 5.97 Å². The summed E-state index contributed by atoms with van der Waals surface area (Å²) < 4.78 is 16.7. The van der Waals surface area contributed by atoms with Crippen LogP contribution in [-0.2, 0) is 14.3 Å². The van der Waals surface area contributed by atoms with Crippen LogP contribution in [0.5, 0.6) is 5.75 Å². The maximum Gasteiger partial charge on any atom is 0.338 e. The Hall–Kier alpha value is -1.79. The van der Waals surface area contributed by atoms with Gasteiger partial charge in [0.25, 0.3) is 0 Å². The quantitative estimate of drug-likeness (QED) is 0.275. The second-order valence-electron chi connectivity index (χ2n) is 10.2. The molecule has 6 atom stereocenters. The number of hydrogen-bond donors (Lipinski definition) is 6. The molecular formula is C24H37NO9. The minimum Gasteiger partial charge on any atom is -0.479 e. The van der Waals surface area contributed by atoms with Gasteiger partial charge in [-0.05, 0) is 51.7 Å². The molecule has 0 radical (unpaired) electrons. The molecule has 1 aliphatic heterocycles. The number of para-hydroxylation sites is 1. The summed E-state index contributed by atoms with van der Waals surface area (Å²) >= 11 is 0. The number of aliphatic carboxylic acids is 1. The van der Waals surface area contributed by atoms with E-state index in [1.165, 1.54) is 0 Å². The number of rotatable bonds is 9. The minimum atomic E-state index is -2.84. The molecule has 2 fully saturated rings. The lowest BCUT2D eigenvalue weighted by atomic mass is 9.70. The van der Waals surface area contributed by atoms with Crippen molar-refractivity contribution in [3.63, 3.8) is 0 Å². The fourth-order valence-electron chi connectivity index (χ4n) is 4.68. The van der Waals surface area contributed by atoms with Gasteiger partial charge in [-0.1, -0.05) is 31.0 Å². The zero-order valence-corrected chi connectivity index (χ0v) is 19.9. The highest BCUT2D eigenvalue weighted by Gasteiger charge is 2.71. The Bertz CT molecular complexity index is 810. The third-order valence-electron chi connectivity index (χ3n) is 6.47. The highest BCUT2D eigenvalue weighted by Crippen LogP contribution is 2.49. The lowest BCUT2D eigenvalue weighted by Gasteiger charge is -2.55. The molecule has 0 bridgehead atoms. The summed E-state index contributed by atoms with van der Waals surface area (Å²) in [5.41, 5.74) is -2.72. The maximum atomic E-state index is 12.2. The average molecular weight is 484 g/mol. The van der Waals surface area contributed by atoms with E-state index >= 15 is 0 Å². The summed E-state index contributed by atoms with van der Waals surface area (Å²) in [5.74, 6) is -4.83. The van der Waals surface area contributed by atoms with Gasteiger partial charge in [0.1, 0.15) is 5.75 Å². The molecule has 3 rings (SSSR count). The highest BCUT2D eigenvalue weighted by molar-refractivity contribution is 5.74. The van der Waals surface area contributed by atoms with Crippen molar-refractivity contribution < 1.29 is 44.5 Å². The summed E-state index contributed by atoms with van der Waals surface area (Å²) in [7, 11) is 0. The first kappa shape index (κ1) is 26.8. The summed E-state index contributed by atoms with van der Waals surface area (Å²) in [5, 5.41) is 58.0. The van der Waals surface area contributed by atoms with Gasteiger partial charge in [0.15, 0.2) is 11.7 Å². The Labute approximate surface area is 199 Å². The third-order valence-corrected chi connectivity index (χ3v) is 6.47. The molecular weight excluding hydrogens is 446 g/mol. The van der Waals surface area contributed by atoms with Crippen LogP contribution in [0.1, 0.15) is 46.5 Å². The SMILES string of the molecule is CC(C)(C)NC[C@H](O)CO[C@@]1(O)[C@@H](C(=O)O)O[C@@H](Oc2ccccc2)[C@H](O)[C@]1(O)C1CCCC1. The van der Waals surface area contributed by atoms with Crippen molar-refractivity contribution in [2.45, 2.75) is 88.0 Å². The third kappa shape index (κ3) is 5.54. The number of carbonyl (C=O) groups is 1. The van der Waals surface area contributed by atoms with E-state index in [9.17, 15) is 30.3 Å². The molecule has 34 heavy (non-hydrogen) atoms. The monoisotopic (exact) mass is 483 g/mol. The molecule has 10 heteroatoms. The summed E-state index contributed by atoms with van der Waals surface area (Å²) in [6.07, 6.45) is -4.27. The maximum absolute atomic E-state index is 12.2. The van der Waals surface area contributed by atoms with Crippen molar-refractivity contribution in [1.82, 2.24) is 5.32 Å². The molecule has 1 saturated heterocycles. The van der Waals surface area contributed by atoms with Gasteiger partial charge in [-0.2, -0.15) is 0 Å². The molecule has 1 heterocycles. The van der Waals surface area contributed by atoms with E-state index in [0.717, 1.165) is 12.8 Å². The van der Waals surface area contributed by atoms with Gasteiger partial charge >= 0.3 is 5.97 Å². The standard InChI is InChI=1S/C24H37NO9/c1-22(2,3)25-13-16(26)14-32-24(31)19(20(28)29)34-21(33-17-11-5-4-6-12-17)18(27)23(24,30)15-9-7-8-10-15/h4-6,11-12,15-16,18-19,21,25-27,30-31H,7-10,13-14H2,1-3H3,(H,28,29)/t16-,18-,19+,21+,23+,24-/m0/s1. The van der Waals surface area contributed by atoms with E-state index in [2.05, 4.69) is 5.32 Å². The van der Waals surface area contributed by atoms with E-state index < -0.39 is 54.5 Å². The highest BCUT2D eigenvalue weighted by atomic mass is 16.7. The van der Waals surface area contributed by atoms with Crippen LogP contribution in [0.3, 0.4) is 0 Å². The van der Waals surface area contributed by atoms with Gasteiger partial charge < -0.3 is 45.1 Å². The van der Waals surface area contributed by atoms with E-state index in [4.69, 9.17) is 14.2 Å². The van der Waals surface area contributed by atoms with Crippen molar-refractivity contribution in [2.75, 3.05) is 13.2 Å². The first-order valence-corrected chi connectivity index (χ1v) is 11.7. The molecule has 2 aliphatic rings. The Kier molecular flexibility index (Phi) is 8.24. The molecule has 0 unspecified atom stereocenters. The first-order valence-electron chi connectivity index (χ1n) is 11.7. The number of carboxylic acids is 1. The van der Waals surface area contributed by atoms with Crippen LogP contribution < -0.4 is 10.1 Å². The van der Waals surface area contributed by atoms with E-state index in [-0.39, 0.29) is 12.1 Å². The second kappa shape index (κ2) is 10.4. The van der Waals surface area contributed by atoms with Crippen LogP contribution in [0.4, 0.5) is 0 Å². The summed E-state index contributed by atoms with van der Waals surface area (Å²) in [6, 6.07) is 8.32. The second-order valence-corrected chi connectivity index (χ2v) is 10.2. The normalized spacial score (nSPS) is 33.6. The number of β-amino-alcohol motifs (C(OH)–C–C–N with tert-alkyl or cyclic N) is 1. The fraction of sp³-hybridized carbons (Fsp3) is 0.708. The lowest BCUT2D eigenvalue weighted by Crippen LogP contribution is -2.79. The molecule has 1 aromatic carbocycles. The zero-order valence-electron chi connectivity index (χ0n) is 19.9. The number of carboxylic acid groups (broad SMARTS) is 1. The molecule has 0 aromatic heterocycles. The van der Waals surface area contributed by atoms with Crippen LogP contribution in [0, 0.1) is 5.92 Å². The predicted octanol–water partition coefficient (Wildman–Crippen LogP) is 0.611. The van der Waals surface area contributed by atoms with Gasteiger partial charge in [-0.25, -0.2) is 4.79 Å². The molecule has 10 nitrogen and oxygen atoms in total. The van der Waals surface area contributed by atoms with Crippen LogP contribution in [0.25, 0.3) is 0 Å². The topological polar surface area (TPSA) is 158 Å². The van der Waals surface area contributed by atoms with Crippen LogP contribution in [0.15, 0.2) is 30.3 Å². The van der Waals surface area contributed by atoms with Crippen LogP contribution >= 0.6 is 0 Å². The molecule has 0 spiro atoms. The van der Waals surface area contributed by atoms with E-state index in [0.29, 0.717) is 18.6 Å². The number of aliphatic hydroxyl groups excluding tert-OH is 2. The average Bonchev–Trinajstić information content (AvgIpc) is 3.32. The van der Waals surface area contributed by atoms with E-state index in [1.807, 2.05) is 20.8 Å². The molecule has 1 aliphatic carbocycles. The number of ether oxygens (including phenoxy) is 3. The molecule has 192 valence electrons. The smallest absolute Gasteiger partial charge is 0.338 e. The Morgan fingerprint density at radius 1 is 1.21 bits per heavy atom.